The maximum atomic E-state index is 14.5. The molecule has 0 spiro atoms. The van der Waals surface area contributed by atoms with Gasteiger partial charge in [0.15, 0.2) is 7.14 Å². The summed E-state index contributed by atoms with van der Waals surface area (Å²) in [7, 11) is -3.32. The number of carbonyl (C=O) groups excluding carboxylic acids is 1. The number of carbonyl (C=O) groups is 1. The van der Waals surface area contributed by atoms with Crippen LogP contribution in [0.15, 0.2) is 90.2 Å². The third kappa shape index (κ3) is 2.75. The summed E-state index contributed by atoms with van der Waals surface area (Å²) in [6.45, 7) is 1.99. The minimum absolute atomic E-state index is 0.232. The fourth-order valence-electron chi connectivity index (χ4n) is 3.60. The summed E-state index contributed by atoms with van der Waals surface area (Å²) in [5.41, 5.74) is 2.40. The SMILES string of the molecule is CCOC(=O)C1=C(c2ccccc2)c2ccccc2[P@@]1(=O)c1ccccc1. The van der Waals surface area contributed by atoms with Crippen LogP contribution in [-0.2, 0) is 14.1 Å². The van der Waals surface area contributed by atoms with Gasteiger partial charge in [0, 0.05) is 16.2 Å². The lowest BCUT2D eigenvalue weighted by atomic mass is 9.98. The highest BCUT2D eigenvalue weighted by molar-refractivity contribution is 7.84. The zero-order valence-corrected chi connectivity index (χ0v) is 15.9. The van der Waals surface area contributed by atoms with E-state index in [1.165, 1.54) is 0 Å². The van der Waals surface area contributed by atoms with Gasteiger partial charge in [-0.3, -0.25) is 0 Å². The lowest BCUT2D eigenvalue weighted by Crippen LogP contribution is -2.19. The van der Waals surface area contributed by atoms with E-state index in [0.29, 0.717) is 16.2 Å². The Kier molecular flexibility index (Phi) is 4.55. The van der Waals surface area contributed by atoms with Crippen LogP contribution < -0.4 is 10.6 Å². The minimum atomic E-state index is -3.32. The largest absolute Gasteiger partial charge is 0.462 e. The average molecular weight is 374 g/mol. The Labute approximate surface area is 158 Å². The fourth-order valence-corrected chi connectivity index (χ4v) is 6.68. The van der Waals surface area contributed by atoms with E-state index in [0.717, 1.165) is 11.1 Å². The van der Waals surface area contributed by atoms with Crippen LogP contribution in [0.4, 0.5) is 0 Å². The Morgan fingerprint density at radius 1 is 0.852 bits per heavy atom. The van der Waals surface area contributed by atoms with E-state index in [9.17, 15) is 9.36 Å². The molecule has 0 amide bonds. The van der Waals surface area contributed by atoms with Crippen molar-refractivity contribution in [3.8, 4) is 0 Å². The lowest BCUT2D eigenvalue weighted by Gasteiger charge is -2.17. The van der Waals surface area contributed by atoms with Gasteiger partial charge < -0.3 is 9.30 Å². The first-order chi connectivity index (χ1) is 13.2. The van der Waals surface area contributed by atoms with Gasteiger partial charge in [-0.1, -0.05) is 84.9 Å². The van der Waals surface area contributed by atoms with E-state index in [1.807, 2.05) is 84.9 Å². The fraction of sp³-hybridized carbons (Fsp3) is 0.0870. The zero-order chi connectivity index (χ0) is 18.9. The molecule has 4 heteroatoms. The van der Waals surface area contributed by atoms with Crippen LogP contribution in [0.2, 0.25) is 0 Å². The predicted octanol–water partition coefficient (Wildman–Crippen LogP) is 4.34. The summed E-state index contributed by atoms with van der Waals surface area (Å²) in [5.74, 6) is -0.514. The van der Waals surface area contributed by atoms with Crippen molar-refractivity contribution in [3.63, 3.8) is 0 Å². The Morgan fingerprint density at radius 3 is 2.11 bits per heavy atom. The monoisotopic (exact) mass is 374 g/mol. The van der Waals surface area contributed by atoms with Gasteiger partial charge in [-0.25, -0.2) is 4.79 Å². The van der Waals surface area contributed by atoms with Gasteiger partial charge in [0.25, 0.3) is 0 Å². The van der Waals surface area contributed by atoms with E-state index in [4.69, 9.17) is 4.74 Å². The molecule has 134 valence electrons. The minimum Gasteiger partial charge on any atom is -0.462 e. The van der Waals surface area contributed by atoms with Crippen molar-refractivity contribution >= 4 is 29.3 Å². The Bertz CT molecular complexity index is 1070. The molecule has 0 saturated carbocycles. The Hall–Kier alpha value is -2.90. The number of fused-ring (bicyclic) bond motifs is 1. The number of esters is 1. The average Bonchev–Trinajstić information content (AvgIpc) is 3.00. The zero-order valence-electron chi connectivity index (χ0n) is 15.0. The third-order valence-corrected chi connectivity index (χ3v) is 7.85. The highest BCUT2D eigenvalue weighted by atomic mass is 31.2. The van der Waals surface area contributed by atoms with Crippen molar-refractivity contribution in [2.75, 3.05) is 6.61 Å². The number of rotatable bonds is 4. The molecule has 0 fully saturated rings. The molecule has 3 nitrogen and oxygen atoms in total. The molecular formula is C23H19O3P. The van der Waals surface area contributed by atoms with E-state index in [-0.39, 0.29) is 11.9 Å². The Balaban J connectivity index is 2.10. The predicted molar refractivity (Wildman–Crippen MR) is 109 cm³/mol. The first-order valence-corrected chi connectivity index (χ1v) is 10.6. The van der Waals surface area contributed by atoms with E-state index in [1.54, 1.807) is 6.92 Å². The molecule has 0 unspecified atom stereocenters. The number of benzene rings is 3. The Morgan fingerprint density at radius 2 is 1.44 bits per heavy atom. The topological polar surface area (TPSA) is 43.4 Å². The molecule has 4 rings (SSSR count). The van der Waals surface area contributed by atoms with Crippen LogP contribution in [0.3, 0.4) is 0 Å². The second-order valence-corrected chi connectivity index (χ2v) is 8.94. The van der Waals surface area contributed by atoms with Gasteiger partial charge in [-0.05, 0) is 18.1 Å². The molecule has 27 heavy (non-hydrogen) atoms. The van der Waals surface area contributed by atoms with Gasteiger partial charge in [-0.2, -0.15) is 0 Å². The quantitative estimate of drug-likeness (QED) is 0.504. The molecule has 0 bridgehead atoms. The summed E-state index contributed by atoms with van der Waals surface area (Å²) in [6, 6.07) is 26.4. The smallest absolute Gasteiger partial charge is 0.342 e. The standard InChI is InChI=1S/C23H19O3P/c1-2-26-23(24)22-21(17-11-5-3-6-12-17)19-15-9-10-16-20(19)27(22,25)18-13-7-4-8-14-18/h3-16H,2H2,1H3/t27-/m0/s1. The first-order valence-electron chi connectivity index (χ1n) is 8.91. The molecule has 1 aliphatic heterocycles. The van der Waals surface area contributed by atoms with Crippen LogP contribution in [0.1, 0.15) is 18.1 Å². The summed E-state index contributed by atoms with van der Waals surface area (Å²) < 4.78 is 19.9. The van der Waals surface area contributed by atoms with Crippen LogP contribution in [0, 0.1) is 0 Å². The maximum absolute atomic E-state index is 14.5. The second-order valence-electron chi connectivity index (χ2n) is 6.27. The lowest BCUT2D eigenvalue weighted by molar-refractivity contribution is -0.137. The second kappa shape index (κ2) is 7.02. The number of hydrogen-bond donors (Lipinski definition) is 0. The molecular weight excluding hydrogens is 355 g/mol. The number of hydrogen-bond acceptors (Lipinski definition) is 3. The van der Waals surface area contributed by atoms with Gasteiger partial charge in [0.1, 0.15) is 5.31 Å². The molecule has 1 aliphatic rings. The molecule has 0 aliphatic carbocycles. The van der Waals surface area contributed by atoms with Crippen LogP contribution >= 0.6 is 7.14 Å². The molecule has 1 atom stereocenters. The van der Waals surface area contributed by atoms with Gasteiger partial charge >= 0.3 is 5.97 Å². The van der Waals surface area contributed by atoms with Crippen LogP contribution in [0.5, 0.6) is 0 Å². The summed E-state index contributed by atoms with van der Waals surface area (Å²) in [6.07, 6.45) is 0. The number of ether oxygens (including phenoxy) is 1. The highest BCUT2D eigenvalue weighted by Gasteiger charge is 2.46. The normalized spacial score (nSPS) is 18.3. The van der Waals surface area contributed by atoms with Crippen LogP contribution in [0.25, 0.3) is 5.57 Å². The van der Waals surface area contributed by atoms with Gasteiger partial charge in [0.2, 0.25) is 0 Å². The molecule has 0 saturated heterocycles. The van der Waals surface area contributed by atoms with Crippen molar-refractivity contribution in [1.82, 2.24) is 0 Å². The van der Waals surface area contributed by atoms with Crippen molar-refractivity contribution < 1.29 is 14.1 Å². The molecule has 1 heterocycles. The molecule has 0 aromatic heterocycles. The molecule has 0 radical (unpaired) electrons. The maximum Gasteiger partial charge on any atom is 0.342 e. The summed E-state index contributed by atoms with van der Waals surface area (Å²) in [5, 5.41) is 1.60. The van der Waals surface area contributed by atoms with Crippen LogP contribution in [-0.4, -0.2) is 12.6 Å². The van der Waals surface area contributed by atoms with Crippen molar-refractivity contribution in [1.29, 1.82) is 0 Å². The van der Waals surface area contributed by atoms with E-state index >= 15 is 0 Å². The van der Waals surface area contributed by atoms with Gasteiger partial charge in [-0.15, -0.1) is 0 Å². The van der Waals surface area contributed by atoms with E-state index in [2.05, 4.69) is 0 Å². The molecule has 3 aromatic rings. The molecule has 0 N–H and O–H groups in total. The highest BCUT2D eigenvalue weighted by Crippen LogP contribution is 2.61. The van der Waals surface area contributed by atoms with Gasteiger partial charge in [0.05, 0.1) is 6.61 Å². The molecule has 3 aromatic carbocycles. The summed E-state index contributed by atoms with van der Waals surface area (Å²) >= 11 is 0. The third-order valence-electron chi connectivity index (χ3n) is 4.72. The van der Waals surface area contributed by atoms with E-state index < -0.39 is 13.1 Å². The summed E-state index contributed by atoms with van der Waals surface area (Å²) in [4.78, 5) is 13.0. The first kappa shape index (κ1) is 17.5. The van der Waals surface area contributed by atoms with Crippen molar-refractivity contribution in [2.24, 2.45) is 0 Å². The van der Waals surface area contributed by atoms with Crippen molar-refractivity contribution in [2.45, 2.75) is 6.92 Å². The van der Waals surface area contributed by atoms with Crippen molar-refractivity contribution in [3.05, 3.63) is 101 Å².